The highest BCUT2D eigenvalue weighted by Gasteiger charge is 2.13. The first kappa shape index (κ1) is 15.4. The van der Waals surface area contributed by atoms with E-state index in [0.717, 1.165) is 31.5 Å². The highest BCUT2D eigenvalue weighted by atomic mass is 16.1. The summed E-state index contributed by atoms with van der Waals surface area (Å²) in [5, 5.41) is 3.29. The van der Waals surface area contributed by atoms with Crippen LogP contribution in [0, 0.1) is 0 Å². The molecule has 0 aliphatic rings. The van der Waals surface area contributed by atoms with Gasteiger partial charge in [-0.15, -0.1) is 0 Å². The molecule has 4 nitrogen and oxygen atoms in total. The second-order valence-corrected chi connectivity index (χ2v) is 5.24. The van der Waals surface area contributed by atoms with Gasteiger partial charge in [0, 0.05) is 24.5 Å². The molecule has 0 aliphatic carbocycles. The molecule has 0 bridgehead atoms. The molecule has 112 valence electrons. The van der Waals surface area contributed by atoms with Gasteiger partial charge in [-0.05, 0) is 31.9 Å². The second-order valence-electron chi connectivity index (χ2n) is 5.24. The number of carbonyl (C=O) groups is 1. The number of imidazole rings is 1. The molecule has 1 unspecified atom stereocenters. The van der Waals surface area contributed by atoms with Gasteiger partial charge in [-0.2, -0.15) is 0 Å². The Morgan fingerprint density at radius 3 is 2.71 bits per heavy atom. The van der Waals surface area contributed by atoms with Crippen LogP contribution in [0.2, 0.25) is 0 Å². The van der Waals surface area contributed by atoms with Gasteiger partial charge in [0.15, 0.2) is 5.78 Å². The van der Waals surface area contributed by atoms with E-state index in [0.29, 0.717) is 0 Å². The standard InChI is InChI=1S/C17H23N3O/c1-3-15-5-7-16(8-6-15)17(21)14(2)19-9-4-11-20-12-10-18-13-20/h5-8,10,12-14,19H,3-4,9,11H2,1-2H3. The third-order valence-corrected chi connectivity index (χ3v) is 3.64. The molecule has 1 aromatic carbocycles. The summed E-state index contributed by atoms with van der Waals surface area (Å²) in [6.45, 7) is 5.77. The summed E-state index contributed by atoms with van der Waals surface area (Å²) in [5.74, 6) is 0.153. The zero-order chi connectivity index (χ0) is 15.1. The van der Waals surface area contributed by atoms with Gasteiger partial charge in [-0.1, -0.05) is 31.2 Å². The largest absolute Gasteiger partial charge is 0.337 e. The summed E-state index contributed by atoms with van der Waals surface area (Å²) in [5.41, 5.74) is 2.04. The number of hydrogen-bond donors (Lipinski definition) is 1. The zero-order valence-electron chi connectivity index (χ0n) is 12.7. The predicted molar refractivity (Wildman–Crippen MR) is 84.5 cm³/mol. The summed E-state index contributed by atoms with van der Waals surface area (Å²) < 4.78 is 2.04. The van der Waals surface area contributed by atoms with Crippen molar-refractivity contribution in [3.05, 3.63) is 54.1 Å². The number of aryl methyl sites for hydroxylation is 2. The number of aromatic nitrogens is 2. The Morgan fingerprint density at radius 1 is 1.33 bits per heavy atom. The van der Waals surface area contributed by atoms with Gasteiger partial charge in [0.2, 0.25) is 0 Å². The van der Waals surface area contributed by atoms with Crippen molar-refractivity contribution in [1.82, 2.24) is 14.9 Å². The predicted octanol–water partition coefficient (Wildman–Crippen LogP) is 2.70. The lowest BCUT2D eigenvalue weighted by atomic mass is 10.0. The molecule has 0 amide bonds. The molecule has 1 atom stereocenters. The molecule has 1 heterocycles. The van der Waals surface area contributed by atoms with E-state index in [1.54, 1.807) is 6.20 Å². The second kappa shape index (κ2) is 7.74. The molecule has 1 N–H and O–H groups in total. The summed E-state index contributed by atoms with van der Waals surface area (Å²) in [6, 6.07) is 7.74. The molecule has 0 fully saturated rings. The van der Waals surface area contributed by atoms with Crippen LogP contribution < -0.4 is 5.32 Å². The van der Waals surface area contributed by atoms with Crippen molar-refractivity contribution in [2.24, 2.45) is 0 Å². The minimum atomic E-state index is -0.153. The Morgan fingerprint density at radius 2 is 2.10 bits per heavy atom. The molecule has 4 heteroatoms. The van der Waals surface area contributed by atoms with Crippen LogP contribution in [0.15, 0.2) is 43.0 Å². The normalized spacial score (nSPS) is 12.3. The third kappa shape index (κ3) is 4.53. The van der Waals surface area contributed by atoms with Gasteiger partial charge in [-0.3, -0.25) is 4.79 Å². The smallest absolute Gasteiger partial charge is 0.179 e. The van der Waals surface area contributed by atoms with E-state index in [-0.39, 0.29) is 11.8 Å². The summed E-state index contributed by atoms with van der Waals surface area (Å²) in [6.07, 6.45) is 7.51. The molecule has 0 aliphatic heterocycles. The van der Waals surface area contributed by atoms with Gasteiger partial charge < -0.3 is 9.88 Å². The molecular weight excluding hydrogens is 262 g/mol. The Bertz CT molecular complexity index is 546. The van der Waals surface area contributed by atoms with E-state index < -0.39 is 0 Å². The van der Waals surface area contributed by atoms with E-state index in [4.69, 9.17) is 0 Å². The van der Waals surface area contributed by atoms with Crippen molar-refractivity contribution in [1.29, 1.82) is 0 Å². The SMILES string of the molecule is CCc1ccc(C(=O)C(C)NCCCn2ccnc2)cc1. The quantitative estimate of drug-likeness (QED) is 0.599. The third-order valence-electron chi connectivity index (χ3n) is 3.64. The molecule has 0 saturated heterocycles. The van der Waals surface area contributed by atoms with E-state index in [1.165, 1.54) is 5.56 Å². The lowest BCUT2D eigenvalue weighted by Gasteiger charge is -2.13. The van der Waals surface area contributed by atoms with Crippen molar-refractivity contribution in [3.63, 3.8) is 0 Å². The maximum absolute atomic E-state index is 12.3. The van der Waals surface area contributed by atoms with Crippen LogP contribution in [0.4, 0.5) is 0 Å². The molecule has 2 rings (SSSR count). The van der Waals surface area contributed by atoms with Crippen LogP contribution in [0.1, 0.15) is 36.2 Å². The molecule has 0 radical (unpaired) electrons. The fraction of sp³-hybridized carbons (Fsp3) is 0.412. The molecule has 0 spiro atoms. The first-order valence-electron chi connectivity index (χ1n) is 7.53. The Kier molecular flexibility index (Phi) is 5.69. The number of rotatable bonds is 8. The zero-order valence-corrected chi connectivity index (χ0v) is 12.7. The van der Waals surface area contributed by atoms with Gasteiger partial charge in [-0.25, -0.2) is 4.98 Å². The highest BCUT2D eigenvalue weighted by Crippen LogP contribution is 2.08. The average molecular weight is 285 g/mol. The number of benzene rings is 1. The van der Waals surface area contributed by atoms with Crippen LogP contribution in [-0.2, 0) is 13.0 Å². The summed E-state index contributed by atoms with van der Waals surface area (Å²) >= 11 is 0. The van der Waals surface area contributed by atoms with Crippen LogP contribution in [-0.4, -0.2) is 27.9 Å². The number of nitrogens with zero attached hydrogens (tertiary/aromatic N) is 2. The van der Waals surface area contributed by atoms with E-state index in [2.05, 4.69) is 17.2 Å². The van der Waals surface area contributed by atoms with E-state index in [1.807, 2.05) is 48.3 Å². The van der Waals surface area contributed by atoms with E-state index in [9.17, 15) is 4.79 Å². The monoisotopic (exact) mass is 285 g/mol. The first-order chi connectivity index (χ1) is 10.2. The van der Waals surface area contributed by atoms with Crippen molar-refractivity contribution in [2.45, 2.75) is 39.3 Å². The van der Waals surface area contributed by atoms with Crippen molar-refractivity contribution in [3.8, 4) is 0 Å². The number of Topliss-reactive ketones (excluding diaryl/α,β-unsaturated/α-hetero) is 1. The fourth-order valence-electron chi connectivity index (χ4n) is 2.25. The number of carbonyl (C=O) groups excluding carboxylic acids is 1. The molecule has 1 aromatic heterocycles. The molecule has 0 saturated carbocycles. The van der Waals surface area contributed by atoms with Crippen molar-refractivity contribution in [2.75, 3.05) is 6.54 Å². The highest BCUT2D eigenvalue weighted by molar-refractivity contribution is 5.99. The Balaban J connectivity index is 1.76. The van der Waals surface area contributed by atoms with Crippen molar-refractivity contribution >= 4 is 5.78 Å². The average Bonchev–Trinajstić information content (AvgIpc) is 3.04. The van der Waals surface area contributed by atoms with Crippen LogP contribution >= 0.6 is 0 Å². The maximum Gasteiger partial charge on any atom is 0.179 e. The minimum absolute atomic E-state index is 0.153. The lowest BCUT2D eigenvalue weighted by Crippen LogP contribution is -2.35. The fourth-order valence-corrected chi connectivity index (χ4v) is 2.25. The van der Waals surface area contributed by atoms with Gasteiger partial charge in [0.05, 0.1) is 12.4 Å². The minimum Gasteiger partial charge on any atom is -0.337 e. The van der Waals surface area contributed by atoms with Gasteiger partial charge in [0.25, 0.3) is 0 Å². The Labute approximate surface area is 126 Å². The lowest BCUT2D eigenvalue weighted by molar-refractivity contribution is 0.0951. The number of hydrogen-bond acceptors (Lipinski definition) is 3. The maximum atomic E-state index is 12.3. The summed E-state index contributed by atoms with van der Waals surface area (Å²) in [4.78, 5) is 16.3. The van der Waals surface area contributed by atoms with Gasteiger partial charge >= 0.3 is 0 Å². The van der Waals surface area contributed by atoms with Crippen LogP contribution in [0.5, 0.6) is 0 Å². The molecule has 21 heavy (non-hydrogen) atoms. The number of nitrogens with one attached hydrogen (secondary N) is 1. The molecular formula is C17H23N3O. The molecule has 2 aromatic rings. The van der Waals surface area contributed by atoms with Gasteiger partial charge in [0.1, 0.15) is 0 Å². The van der Waals surface area contributed by atoms with Crippen LogP contribution in [0.3, 0.4) is 0 Å². The summed E-state index contributed by atoms with van der Waals surface area (Å²) in [7, 11) is 0. The Hall–Kier alpha value is -1.94. The van der Waals surface area contributed by atoms with Crippen LogP contribution in [0.25, 0.3) is 0 Å². The van der Waals surface area contributed by atoms with E-state index >= 15 is 0 Å². The van der Waals surface area contributed by atoms with Crippen molar-refractivity contribution < 1.29 is 4.79 Å². The first-order valence-corrected chi connectivity index (χ1v) is 7.53. The topological polar surface area (TPSA) is 46.9 Å². The number of ketones is 1.